The van der Waals surface area contributed by atoms with E-state index in [9.17, 15) is 4.79 Å². The lowest BCUT2D eigenvalue weighted by Crippen LogP contribution is -2.59. The largest absolute Gasteiger partial charge is 0.273 e. The van der Waals surface area contributed by atoms with E-state index in [1.807, 2.05) is 0 Å². The molecule has 114 valence electrons. The van der Waals surface area contributed by atoms with Gasteiger partial charge in [0, 0.05) is 0 Å². The molecule has 0 aromatic rings. The highest BCUT2D eigenvalue weighted by atomic mass is 16.7. The minimum Gasteiger partial charge on any atom is -0.273 e. The van der Waals surface area contributed by atoms with Crippen LogP contribution in [0.1, 0.15) is 66.2 Å². The highest BCUT2D eigenvalue weighted by molar-refractivity contribution is 5.82. The summed E-state index contributed by atoms with van der Waals surface area (Å²) in [6.45, 7) is 9.58. The second-order valence-electron chi connectivity index (χ2n) is 9.05. The Balaban J connectivity index is 1.73. The van der Waals surface area contributed by atoms with Crippen LogP contribution in [-0.2, 0) is 9.63 Å². The normalized spacial score (nSPS) is 46.0. The smallest absolute Gasteiger partial charge is 0.249 e. The summed E-state index contributed by atoms with van der Waals surface area (Å²) in [6, 6.07) is 0. The van der Waals surface area contributed by atoms with Crippen LogP contribution in [-0.4, -0.2) is 12.5 Å². The molecule has 0 aromatic heterocycles. The van der Waals surface area contributed by atoms with Crippen molar-refractivity contribution in [3.05, 3.63) is 0 Å². The van der Waals surface area contributed by atoms with Gasteiger partial charge >= 0.3 is 0 Å². The number of rotatable bonds is 4. The van der Waals surface area contributed by atoms with Crippen molar-refractivity contribution in [1.29, 1.82) is 0 Å². The first-order chi connectivity index (χ1) is 9.24. The molecule has 4 rings (SSSR count). The van der Waals surface area contributed by atoms with Crippen LogP contribution in [0.3, 0.4) is 0 Å². The Hall–Kier alpha value is -0.570. The quantitative estimate of drug-likeness (QED) is 0.797. The monoisotopic (exact) mass is 279 g/mol. The van der Waals surface area contributed by atoms with Crippen molar-refractivity contribution in [2.75, 3.05) is 6.61 Å². The fourth-order valence-corrected chi connectivity index (χ4v) is 6.08. The van der Waals surface area contributed by atoms with Crippen LogP contribution < -0.4 is 5.48 Å². The second kappa shape index (κ2) is 4.46. The van der Waals surface area contributed by atoms with Gasteiger partial charge in [-0.25, -0.2) is 5.48 Å². The van der Waals surface area contributed by atoms with Gasteiger partial charge in [-0.2, -0.15) is 0 Å². The molecule has 0 radical (unpaired) electrons. The summed E-state index contributed by atoms with van der Waals surface area (Å²) in [7, 11) is 0. The molecule has 0 aromatic carbocycles. The van der Waals surface area contributed by atoms with Crippen molar-refractivity contribution < 1.29 is 9.63 Å². The van der Waals surface area contributed by atoms with Crippen molar-refractivity contribution in [1.82, 2.24) is 5.48 Å². The average Bonchev–Trinajstić information content (AvgIpc) is 2.22. The van der Waals surface area contributed by atoms with Gasteiger partial charge in [0.2, 0.25) is 5.91 Å². The molecule has 2 atom stereocenters. The first kappa shape index (κ1) is 14.4. The Bertz CT molecular complexity index is 399. The zero-order valence-corrected chi connectivity index (χ0v) is 13.4. The molecule has 4 fully saturated rings. The number of amides is 1. The lowest BCUT2D eigenvalue weighted by atomic mass is 9.40. The number of hydrogen-bond donors (Lipinski definition) is 1. The summed E-state index contributed by atoms with van der Waals surface area (Å²) in [5.74, 6) is 1.35. The molecule has 4 aliphatic carbocycles. The van der Waals surface area contributed by atoms with Crippen LogP contribution in [0.5, 0.6) is 0 Å². The molecule has 4 saturated carbocycles. The molecule has 1 N–H and O–H groups in total. The molecule has 2 unspecified atom stereocenters. The van der Waals surface area contributed by atoms with E-state index >= 15 is 0 Å². The van der Waals surface area contributed by atoms with Gasteiger partial charge in [-0.15, -0.1) is 0 Å². The zero-order valence-electron chi connectivity index (χ0n) is 13.4. The second-order valence-corrected chi connectivity index (χ2v) is 9.05. The molecule has 3 nitrogen and oxygen atoms in total. The SMILES string of the molecule is CC(C)CONC(=O)C12CC3CC(C)(CC(C)(C3)C1)C2. The van der Waals surface area contributed by atoms with Crippen LogP contribution in [0.15, 0.2) is 0 Å². The van der Waals surface area contributed by atoms with E-state index < -0.39 is 0 Å². The van der Waals surface area contributed by atoms with Crippen LogP contribution >= 0.6 is 0 Å². The van der Waals surface area contributed by atoms with Gasteiger partial charge in [0.25, 0.3) is 0 Å². The molecular weight excluding hydrogens is 250 g/mol. The molecule has 3 heteroatoms. The van der Waals surface area contributed by atoms with Gasteiger partial charge in [-0.1, -0.05) is 27.7 Å². The van der Waals surface area contributed by atoms with E-state index in [2.05, 4.69) is 33.2 Å². The number of carbonyl (C=O) groups excluding carboxylic acids is 1. The van der Waals surface area contributed by atoms with Gasteiger partial charge < -0.3 is 0 Å². The Morgan fingerprint density at radius 1 is 1.15 bits per heavy atom. The lowest BCUT2D eigenvalue weighted by Gasteiger charge is -2.64. The van der Waals surface area contributed by atoms with Crippen molar-refractivity contribution in [2.24, 2.45) is 28.1 Å². The molecule has 0 aliphatic heterocycles. The highest BCUT2D eigenvalue weighted by Crippen LogP contribution is 2.69. The fraction of sp³-hybridized carbons (Fsp3) is 0.941. The first-order valence-electron chi connectivity index (χ1n) is 8.17. The van der Waals surface area contributed by atoms with E-state index in [1.54, 1.807) is 0 Å². The third-order valence-corrected chi connectivity index (χ3v) is 5.69. The van der Waals surface area contributed by atoms with Crippen LogP contribution in [0, 0.1) is 28.1 Å². The lowest BCUT2D eigenvalue weighted by molar-refractivity contribution is -0.180. The van der Waals surface area contributed by atoms with E-state index in [0.29, 0.717) is 23.4 Å². The maximum absolute atomic E-state index is 12.7. The maximum Gasteiger partial charge on any atom is 0.249 e. The summed E-state index contributed by atoms with van der Waals surface area (Å²) < 4.78 is 0. The molecular formula is C17H29NO2. The number of hydrogen-bond acceptors (Lipinski definition) is 2. The summed E-state index contributed by atoms with van der Waals surface area (Å²) >= 11 is 0. The minimum atomic E-state index is -0.153. The Morgan fingerprint density at radius 2 is 1.75 bits per heavy atom. The fourth-order valence-electron chi connectivity index (χ4n) is 6.08. The summed E-state index contributed by atoms with van der Waals surface area (Å²) in [6.07, 6.45) is 7.15. The molecule has 0 heterocycles. The minimum absolute atomic E-state index is 0.153. The molecule has 20 heavy (non-hydrogen) atoms. The summed E-state index contributed by atoms with van der Waals surface area (Å²) in [5.41, 5.74) is 3.37. The Labute approximate surface area is 122 Å². The van der Waals surface area contributed by atoms with Crippen LogP contribution in [0.25, 0.3) is 0 Å². The zero-order chi connectivity index (χ0) is 14.6. The molecule has 4 bridgehead atoms. The third-order valence-electron chi connectivity index (χ3n) is 5.69. The Morgan fingerprint density at radius 3 is 2.25 bits per heavy atom. The predicted octanol–water partition coefficient (Wildman–Crippen LogP) is 3.69. The van der Waals surface area contributed by atoms with Crippen LogP contribution in [0.4, 0.5) is 0 Å². The molecule has 4 aliphatic rings. The summed E-state index contributed by atoms with van der Waals surface area (Å²) in [5, 5.41) is 0. The van der Waals surface area contributed by atoms with E-state index in [1.165, 1.54) is 19.3 Å². The molecule has 0 saturated heterocycles. The molecule has 0 spiro atoms. The Kier molecular flexibility index (Phi) is 3.20. The van der Waals surface area contributed by atoms with Crippen molar-refractivity contribution in [3.63, 3.8) is 0 Å². The number of nitrogens with one attached hydrogen (secondary N) is 1. The first-order valence-corrected chi connectivity index (χ1v) is 8.17. The van der Waals surface area contributed by atoms with E-state index in [4.69, 9.17) is 4.84 Å². The molecule has 1 amide bonds. The highest BCUT2D eigenvalue weighted by Gasteiger charge is 2.62. The topological polar surface area (TPSA) is 38.3 Å². The van der Waals surface area contributed by atoms with Crippen molar-refractivity contribution >= 4 is 5.91 Å². The van der Waals surface area contributed by atoms with Gasteiger partial charge in [-0.05, 0) is 61.2 Å². The van der Waals surface area contributed by atoms with E-state index in [0.717, 1.165) is 25.2 Å². The summed E-state index contributed by atoms with van der Waals surface area (Å²) in [4.78, 5) is 18.1. The van der Waals surface area contributed by atoms with Gasteiger partial charge in [0.1, 0.15) is 0 Å². The maximum atomic E-state index is 12.7. The standard InChI is InChI=1S/C17H29NO2/c1-12(2)8-20-18-14(19)17-7-13-5-15(3,10-17)9-16(4,6-13)11-17/h12-13H,5-11H2,1-4H3,(H,18,19). The number of hydroxylamine groups is 1. The van der Waals surface area contributed by atoms with Gasteiger partial charge in [-0.3, -0.25) is 9.63 Å². The van der Waals surface area contributed by atoms with Crippen LogP contribution in [0.2, 0.25) is 0 Å². The van der Waals surface area contributed by atoms with Gasteiger partial charge in [0.05, 0.1) is 12.0 Å². The third kappa shape index (κ3) is 2.38. The van der Waals surface area contributed by atoms with Crippen molar-refractivity contribution in [3.8, 4) is 0 Å². The van der Waals surface area contributed by atoms with Gasteiger partial charge in [0.15, 0.2) is 0 Å². The van der Waals surface area contributed by atoms with E-state index in [-0.39, 0.29) is 11.3 Å². The predicted molar refractivity (Wildman–Crippen MR) is 78.8 cm³/mol. The van der Waals surface area contributed by atoms with Crippen molar-refractivity contribution in [2.45, 2.75) is 66.2 Å². The average molecular weight is 279 g/mol. The number of carbonyl (C=O) groups is 1.